The predicted molar refractivity (Wildman–Crippen MR) is 78.1 cm³/mol. The van der Waals surface area contributed by atoms with Crippen LogP contribution in [0.5, 0.6) is 0 Å². The molecule has 0 spiro atoms. The molecule has 1 aliphatic carbocycles. The number of carbonyl (C=O) groups is 1. The minimum Gasteiger partial charge on any atom is -0.346 e. The first-order chi connectivity index (χ1) is 9.16. The van der Waals surface area contributed by atoms with Gasteiger partial charge in [-0.05, 0) is 37.0 Å². The molecule has 19 heavy (non-hydrogen) atoms. The SMILES string of the molecule is N#CCSCC(=O)NC1(c2ccc(Cl)cc2)CCC1. The highest BCUT2D eigenvalue weighted by Gasteiger charge is 2.39. The molecule has 0 bridgehead atoms. The van der Waals surface area contributed by atoms with Gasteiger partial charge < -0.3 is 5.32 Å². The van der Waals surface area contributed by atoms with Crippen LogP contribution in [-0.2, 0) is 10.3 Å². The molecule has 3 nitrogen and oxygen atoms in total. The van der Waals surface area contributed by atoms with E-state index in [4.69, 9.17) is 16.9 Å². The minimum atomic E-state index is -0.227. The summed E-state index contributed by atoms with van der Waals surface area (Å²) in [6.07, 6.45) is 3.04. The van der Waals surface area contributed by atoms with E-state index >= 15 is 0 Å². The third-order valence-corrected chi connectivity index (χ3v) is 4.43. The van der Waals surface area contributed by atoms with Crippen LogP contribution < -0.4 is 5.32 Å². The van der Waals surface area contributed by atoms with E-state index in [0.29, 0.717) is 16.5 Å². The zero-order valence-corrected chi connectivity index (χ0v) is 12.1. The average Bonchev–Trinajstić information content (AvgIpc) is 2.35. The van der Waals surface area contributed by atoms with Crippen molar-refractivity contribution < 1.29 is 4.79 Å². The van der Waals surface area contributed by atoms with E-state index in [2.05, 4.69) is 5.32 Å². The van der Waals surface area contributed by atoms with E-state index < -0.39 is 0 Å². The summed E-state index contributed by atoms with van der Waals surface area (Å²) < 4.78 is 0. The summed E-state index contributed by atoms with van der Waals surface area (Å²) in [7, 11) is 0. The van der Waals surface area contributed by atoms with Gasteiger partial charge in [0.15, 0.2) is 0 Å². The fraction of sp³-hybridized carbons (Fsp3) is 0.429. The number of nitrogens with zero attached hydrogens (tertiary/aromatic N) is 1. The van der Waals surface area contributed by atoms with Crippen molar-refractivity contribution in [3.05, 3.63) is 34.9 Å². The lowest BCUT2D eigenvalue weighted by Crippen LogP contribution is -2.51. The van der Waals surface area contributed by atoms with Crippen molar-refractivity contribution in [3.63, 3.8) is 0 Å². The van der Waals surface area contributed by atoms with E-state index in [-0.39, 0.29) is 11.4 Å². The lowest BCUT2D eigenvalue weighted by atomic mass is 9.72. The number of rotatable bonds is 5. The number of halogens is 1. The van der Waals surface area contributed by atoms with Gasteiger partial charge in [-0.2, -0.15) is 5.26 Å². The number of carbonyl (C=O) groups excluding carboxylic acids is 1. The molecular formula is C14H15ClN2OS. The summed E-state index contributed by atoms with van der Waals surface area (Å²) in [6, 6.07) is 9.68. The Morgan fingerprint density at radius 2 is 2.11 bits per heavy atom. The molecule has 0 aromatic heterocycles. The maximum Gasteiger partial charge on any atom is 0.230 e. The molecule has 1 aliphatic rings. The quantitative estimate of drug-likeness (QED) is 0.849. The molecule has 2 rings (SSSR count). The van der Waals surface area contributed by atoms with E-state index in [9.17, 15) is 4.79 Å². The Balaban J connectivity index is 2.01. The van der Waals surface area contributed by atoms with Crippen molar-refractivity contribution in [1.82, 2.24) is 5.32 Å². The first-order valence-corrected chi connectivity index (χ1v) is 7.71. The van der Waals surface area contributed by atoms with E-state index in [1.807, 2.05) is 30.3 Å². The summed E-state index contributed by atoms with van der Waals surface area (Å²) in [5, 5.41) is 12.3. The number of hydrogen-bond donors (Lipinski definition) is 1. The Hall–Kier alpha value is -1.18. The lowest BCUT2D eigenvalue weighted by molar-refractivity contribution is -0.121. The van der Waals surface area contributed by atoms with E-state index in [0.717, 1.165) is 24.8 Å². The molecule has 0 aliphatic heterocycles. The lowest BCUT2D eigenvalue weighted by Gasteiger charge is -2.43. The van der Waals surface area contributed by atoms with Gasteiger partial charge in [0.1, 0.15) is 0 Å². The molecule has 5 heteroatoms. The highest BCUT2D eigenvalue weighted by Crippen LogP contribution is 2.41. The molecule has 0 atom stereocenters. The van der Waals surface area contributed by atoms with Gasteiger partial charge in [-0.3, -0.25) is 4.79 Å². The van der Waals surface area contributed by atoms with Crippen molar-refractivity contribution in [2.75, 3.05) is 11.5 Å². The second-order valence-electron chi connectivity index (χ2n) is 4.64. The molecule has 1 amide bonds. The number of nitrogens with one attached hydrogen (secondary N) is 1. The van der Waals surface area contributed by atoms with Crippen LogP contribution in [0, 0.1) is 11.3 Å². The zero-order chi connectivity index (χ0) is 13.7. The molecule has 1 fully saturated rings. The Kier molecular flexibility index (Phi) is 4.73. The van der Waals surface area contributed by atoms with Gasteiger partial charge in [-0.1, -0.05) is 23.7 Å². The predicted octanol–water partition coefficient (Wildman–Crippen LogP) is 3.09. The van der Waals surface area contributed by atoms with Crippen LogP contribution in [0.4, 0.5) is 0 Å². The Morgan fingerprint density at radius 3 is 2.63 bits per heavy atom. The highest BCUT2D eigenvalue weighted by atomic mass is 35.5. The number of hydrogen-bond acceptors (Lipinski definition) is 3. The number of nitriles is 1. The molecule has 0 saturated heterocycles. The van der Waals surface area contributed by atoms with Crippen molar-refractivity contribution >= 4 is 29.3 Å². The van der Waals surface area contributed by atoms with Gasteiger partial charge in [-0.25, -0.2) is 0 Å². The van der Waals surface area contributed by atoms with Gasteiger partial charge in [0.05, 0.1) is 23.1 Å². The topological polar surface area (TPSA) is 52.9 Å². The Bertz CT molecular complexity index is 491. The van der Waals surface area contributed by atoms with E-state index in [1.165, 1.54) is 11.8 Å². The molecule has 100 valence electrons. The van der Waals surface area contributed by atoms with Gasteiger partial charge in [0.25, 0.3) is 0 Å². The average molecular weight is 295 g/mol. The third kappa shape index (κ3) is 3.43. The van der Waals surface area contributed by atoms with Crippen LogP contribution in [-0.4, -0.2) is 17.4 Å². The largest absolute Gasteiger partial charge is 0.346 e. The first-order valence-electron chi connectivity index (χ1n) is 6.18. The summed E-state index contributed by atoms with van der Waals surface area (Å²) >= 11 is 7.23. The second-order valence-corrected chi connectivity index (χ2v) is 6.06. The van der Waals surface area contributed by atoms with Crippen LogP contribution in [0.15, 0.2) is 24.3 Å². The third-order valence-electron chi connectivity index (χ3n) is 3.38. The molecule has 1 N–H and O–H groups in total. The van der Waals surface area contributed by atoms with Crippen molar-refractivity contribution in [2.45, 2.75) is 24.8 Å². The number of thioether (sulfide) groups is 1. The number of benzene rings is 1. The first kappa shape index (κ1) is 14.2. The molecule has 1 aromatic carbocycles. The van der Waals surface area contributed by atoms with Gasteiger partial charge >= 0.3 is 0 Å². The van der Waals surface area contributed by atoms with Gasteiger partial charge in [-0.15, -0.1) is 11.8 Å². The van der Waals surface area contributed by atoms with Crippen LogP contribution in [0.1, 0.15) is 24.8 Å². The highest BCUT2D eigenvalue weighted by molar-refractivity contribution is 8.00. The van der Waals surface area contributed by atoms with Gasteiger partial charge in [0, 0.05) is 5.02 Å². The molecule has 1 saturated carbocycles. The normalized spacial score (nSPS) is 16.2. The van der Waals surface area contributed by atoms with Crippen LogP contribution in [0.25, 0.3) is 0 Å². The maximum atomic E-state index is 11.9. The zero-order valence-electron chi connectivity index (χ0n) is 10.5. The van der Waals surface area contributed by atoms with Gasteiger partial charge in [0.2, 0.25) is 5.91 Å². The molecule has 0 unspecified atom stereocenters. The molecule has 1 aromatic rings. The standard InChI is InChI=1S/C14H15ClN2OS/c15-12-4-2-11(3-5-12)14(6-1-7-14)17-13(18)10-19-9-8-16/h2-5H,1,6-7,9-10H2,(H,17,18). The fourth-order valence-electron chi connectivity index (χ4n) is 2.28. The molecule has 0 heterocycles. The maximum absolute atomic E-state index is 11.9. The summed E-state index contributed by atoms with van der Waals surface area (Å²) in [5.41, 5.74) is 0.885. The second kappa shape index (κ2) is 6.31. The van der Waals surface area contributed by atoms with Crippen molar-refractivity contribution in [3.8, 4) is 6.07 Å². The molecule has 0 radical (unpaired) electrons. The summed E-state index contributed by atoms with van der Waals surface area (Å²) in [6.45, 7) is 0. The fourth-order valence-corrected chi connectivity index (χ4v) is 2.85. The minimum absolute atomic E-state index is 0.00472. The molecular weight excluding hydrogens is 280 g/mol. The Labute approximate surface area is 122 Å². The monoisotopic (exact) mass is 294 g/mol. The summed E-state index contributed by atoms with van der Waals surface area (Å²) in [4.78, 5) is 11.9. The van der Waals surface area contributed by atoms with Crippen molar-refractivity contribution in [1.29, 1.82) is 5.26 Å². The van der Waals surface area contributed by atoms with Crippen LogP contribution >= 0.6 is 23.4 Å². The van der Waals surface area contributed by atoms with E-state index in [1.54, 1.807) is 0 Å². The Morgan fingerprint density at radius 1 is 1.42 bits per heavy atom. The summed E-state index contributed by atoms with van der Waals surface area (Å²) in [5.74, 6) is 0.680. The number of amides is 1. The smallest absolute Gasteiger partial charge is 0.230 e. The van der Waals surface area contributed by atoms with Crippen LogP contribution in [0.3, 0.4) is 0 Å². The van der Waals surface area contributed by atoms with Crippen LogP contribution in [0.2, 0.25) is 5.02 Å². The van der Waals surface area contributed by atoms with Crippen molar-refractivity contribution in [2.24, 2.45) is 0 Å².